The molecular weight excluding hydrogens is 338 g/mol. The predicted octanol–water partition coefficient (Wildman–Crippen LogP) is 2.54. The SMILES string of the molecule is O=C(O)CSCc1cccc(NC(=O)C2CCc3ncncc3C2)c1. The Balaban J connectivity index is 1.59. The number of aromatic nitrogens is 2. The summed E-state index contributed by atoms with van der Waals surface area (Å²) in [5.41, 5.74) is 3.82. The summed E-state index contributed by atoms with van der Waals surface area (Å²) in [5.74, 6) is -0.228. The lowest BCUT2D eigenvalue weighted by Gasteiger charge is -2.22. The first kappa shape index (κ1) is 17.4. The molecule has 1 aliphatic rings. The minimum Gasteiger partial charge on any atom is -0.481 e. The summed E-state index contributed by atoms with van der Waals surface area (Å²) in [6, 6.07) is 7.55. The third-order valence-corrected chi connectivity index (χ3v) is 5.13. The fourth-order valence-corrected chi connectivity index (χ4v) is 3.61. The maximum Gasteiger partial charge on any atom is 0.313 e. The zero-order valence-electron chi connectivity index (χ0n) is 13.6. The van der Waals surface area contributed by atoms with Crippen molar-refractivity contribution in [2.45, 2.75) is 25.0 Å². The fraction of sp³-hybridized carbons (Fsp3) is 0.333. The van der Waals surface area contributed by atoms with Gasteiger partial charge < -0.3 is 10.4 Å². The number of hydrogen-bond donors (Lipinski definition) is 2. The van der Waals surface area contributed by atoms with Crippen LogP contribution >= 0.6 is 11.8 Å². The zero-order valence-corrected chi connectivity index (χ0v) is 14.5. The van der Waals surface area contributed by atoms with E-state index in [2.05, 4.69) is 15.3 Å². The molecule has 0 bridgehead atoms. The Bertz CT molecular complexity index is 782. The standard InChI is InChI=1S/C18H19N3O3S/c22-17(23)10-25-9-12-2-1-3-15(6-12)21-18(24)13-4-5-16-14(7-13)8-19-11-20-16/h1-3,6,8,11,13H,4-5,7,9-10H2,(H,21,24)(H,22,23). The van der Waals surface area contributed by atoms with Crippen molar-refractivity contribution >= 4 is 29.3 Å². The van der Waals surface area contributed by atoms with Crippen LogP contribution in [-0.4, -0.2) is 32.7 Å². The average molecular weight is 357 g/mol. The average Bonchev–Trinajstić information content (AvgIpc) is 2.61. The van der Waals surface area contributed by atoms with Crippen LogP contribution in [0.4, 0.5) is 5.69 Å². The molecule has 0 radical (unpaired) electrons. The number of hydrogen-bond acceptors (Lipinski definition) is 5. The van der Waals surface area contributed by atoms with Gasteiger partial charge in [-0.15, -0.1) is 11.8 Å². The Hall–Kier alpha value is -2.41. The molecular formula is C18H19N3O3S. The Morgan fingerprint density at radius 2 is 2.24 bits per heavy atom. The summed E-state index contributed by atoms with van der Waals surface area (Å²) in [6.07, 6.45) is 5.58. The van der Waals surface area contributed by atoms with Crippen LogP contribution < -0.4 is 5.32 Å². The summed E-state index contributed by atoms with van der Waals surface area (Å²) in [7, 11) is 0. The first-order valence-corrected chi connectivity index (χ1v) is 9.24. The maximum absolute atomic E-state index is 12.6. The Morgan fingerprint density at radius 1 is 1.36 bits per heavy atom. The van der Waals surface area contributed by atoms with Crippen molar-refractivity contribution in [2.75, 3.05) is 11.1 Å². The topological polar surface area (TPSA) is 92.2 Å². The van der Waals surface area contributed by atoms with Crippen molar-refractivity contribution in [3.63, 3.8) is 0 Å². The van der Waals surface area contributed by atoms with E-state index < -0.39 is 5.97 Å². The molecule has 0 saturated heterocycles. The minimum atomic E-state index is -0.823. The van der Waals surface area contributed by atoms with Gasteiger partial charge in [0.15, 0.2) is 0 Å². The van der Waals surface area contributed by atoms with Crippen LogP contribution in [0.25, 0.3) is 0 Å². The number of carboxylic acids is 1. The van der Waals surface area contributed by atoms with E-state index in [1.165, 1.54) is 11.8 Å². The van der Waals surface area contributed by atoms with E-state index in [0.717, 1.165) is 35.3 Å². The summed E-state index contributed by atoms with van der Waals surface area (Å²) < 4.78 is 0. The number of benzene rings is 1. The first-order chi connectivity index (χ1) is 12.1. The van der Waals surface area contributed by atoms with E-state index in [9.17, 15) is 9.59 Å². The molecule has 1 amide bonds. The van der Waals surface area contributed by atoms with Crippen molar-refractivity contribution in [1.29, 1.82) is 0 Å². The lowest BCUT2D eigenvalue weighted by atomic mass is 9.86. The number of anilines is 1. The van der Waals surface area contributed by atoms with E-state index in [0.29, 0.717) is 12.2 Å². The first-order valence-electron chi connectivity index (χ1n) is 8.09. The second-order valence-corrected chi connectivity index (χ2v) is 7.00. The van der Waals surface area contributed by atoms with E-state index in [1.807, 2.05) is 24.3 Å². The number of rotatable bonds is 6. The van der Waals surface area contributed by atoms with Gasteiger partial charge in [-0.2, -0.15) is 0 Å². The molecule has 25 heavy (non-hydrogen) atoms. The van der Waals surface area contributed by atoms with Crippen molar-refractivity contribution in [1.82, 2.24) is 9.97 Å². The predicted molar refractivity (Wildman–Crippen MR) is 96.4 cm³/mol. The van der Waals surface area contributed by atoms with Gasteiger partial charge in [-0.1, -0.05) is 12.1 Å². The summed E-state index contributed by atoms with van der Waals surface area (Å²) in [6.45, 7) is 0. The number of nitrogens with zero attached hydrogens (tertiary/aromatic N) is 2. The number of carboxylic acid groups (broad SMARTS) is 1. The van der Waals surface area contributed by atoms with E-state index in [-0.39, 0.29) is 17.6 Å². The number of thioether (sulfide) groups is 1. The van der Waals surface area contributed by atoms with Gasteiger partial charge in [0.25, 0.3) is 0 Å². The normalized spacial score (nSPS) is 16.1. The third-order valence-electron chi connectivity index (χ3n) is 4.14. The highest BCUT2D eigenvalue weighted by atomic mass is 32.2. The van der Waals surface area contributed by atoms with Gasteiger partial charge in [-0.25, -0.2) is 9.97 Å². The van der Waals surface area contributed by atoms with Crippen LogP contribution in [0, 0.1) is 5.92 Å². The summed E-state index contributed by atoms with van der Waals surface area (Å²) in [5, 5.41) is 11.7. The molecule has 1 aliphatic carbocycles. The molecule has 6 nitrogen and oxygen atoms in total. The van der Waals surface area contributed by atoms with Crippen LogP contribution in [-0.2, 0) is 28.2 Å². The molecule has 0 fully saturated rings. The molecule has 1 heterocycles. The molecule has 3 rings (SSSR count). The van der Waals surface area contributed by atoms with Crippen molar-refractivity contribution in [3.05, 3.63) is 53.6 Å². The van der Waals surface area contributed by atoms with Crippen molar-refractivity contribution < 1.29 is 14.7 Å². The number of amides is 1. The van der Waals surface area contributed by atoms with Gasteiger partial charge in [0.05, 0.1) is 5.75 Å². The van der Waals surface area contributed by atoms with Gasteiger partial charge >= 0.3 is 5.97 Å². The molecule has 2 N–H and O–H groups in total. The van der Waals surface area contributed by atoms with Crippen molar-refractivity contribution in [3.8, 4) is 0 Å². The van der Waals surface area contributed by atoms with E-state index >= 15 is 0 Å². The maximum atomic E-state index is 12.6. The Morgan fingerprint density at radius 3 is 3.08 bits per heavy atom. The van der Waals surface area contributed by atoms with Gasteiger partial charge in [0.1, 0.15) is 6.33 Å². The molecule has 0 spiro atoms. The monoisotopic (exact) mass is 357 g/mol. The molecule has 7 heteroatoms. The second kappa shape index (κ2) is 8.11. The highest BCUT2D eigenvalue weighted by molar-refractivity contribution is 7.99. The second-order valence-electron chi connectivity index (χ2n) is 6.01. The Labute approximate surface area is 150 Å². The quantitative estimate of drug-likeness (QED) is 0.825. The van der Waals surface area contributed by atoms with Gasteiger partial charge in [0.2, 0.25) is 5.91 Å². The molecule has 1 aromatic carbocycles. The molecule has 0 saturated carbocycles. The third kappa shape index (κ3) is 4.79. The lowest BCUT2D eigenvalue weighted by molar-refractivity contribution is -0.133. The highest BCUT2D eigenvalue weighted by Gasteiger charge is 2.25. The molecule has 1 aromatic heterocycles. The highest BCUT2D eigenvalue weighted by Crippen LogP contribution is 2.25. The fourth-order valence-electron chi connectivity index (χ4n) is 2.92. The van der Waals surface area contributed by atoms with Gasteiger partial charge in [0, 0.05) is 29.2 Å². The number of fused-ring (bicyclic) bond motifs is 1. The number of aryl methyl sites for hydroxylation is 1. The van der Waals surface area contributed by atoms with E-state index in [4.69, 9.17) is 5.11 Å². The van der Waals surface area contributed by atoms with Crippen molar-refractivity contribution in [2.24, 2.45) is 5.92 Å². The smallest absolute Gasteiger partial charge is 0.313 e. The van der Waals surface area contributed by atoms with E-state index in [1.54, 1.807) is 12.5 Å². The summed E-state index contributed by atoms with van der Waals surface area (Å²) >= 11 is 1.34. The minimum absolute atomic E-state index is 0.00448. The van der Waals surface area contributed by atoms with Gasteiger partial charge in [-0.05, 0) is 42.5 Å². The number of nitrogens with one attached hydrogen (secondary N) is 1. The zero-order chi connectivity index (χ0) is 17.6. The number of carbonyl (C=O) groups excluding carboxylic acids is 1. The molecule has 2 aromatic rings. The largest absolute Gasteiger partial charge is 0.481 e. The van der Waals surface area contributed by atoms with Crippen LogP contribution in [0.3, 0.4) is 0 Å². The molecule has 1 atom stereocenters. The van der Waals surface area contributed by atoms with Crippen LogP contribution in [0.1, 0.15) is 23.2 Å². The lowest BCUT2D eigenvalue weighted by Crippen LogP contribution is -2.28. The Kier molecular flexibility index (Phi) is 5.65. The van der Waals surface area contributed by atoms with Crippen LogP contribution in [0.2, 0.25) is 0 Å². The summed E-state index contributed by atoms with van der Waals surface area (Å²) in [4.78, 5) is 31.4. The van der Waals surface area contributed by atoms with Crippen LogP contribution in [0.5, 0.6) is 0 Å². The van der Waals surface area contributed by atoms with Crippen LogP contribution in [0.15, 0.2) is 36.8 Å². The van der Waals surface area contributed by atoms with Gasteiger partial charge in [-0.3, -0.25) is 9.59 Å². The number of carbonyl (C=O) groups is 2. The molecule has 0 aliphatic heterocycles. The molecule has 130 valence electrons. The number of aliphatic carboxylic acids is 1. The molecule has 1 unspecified atom stereocenters.